The van der Waals surface area contributed by atoms with Crippen LogP contribution in [-0.2, 0) is 10.5 Å². The lowest BCUT2D eigenvalue weighted by molar-refractivity contribution is -0.115. The molecule has 3 aromatic carbocycles. The normalized spacial score (nSPS) is 12.0. The van der Waals surface area contributed by atoms with E-state index in [4.69, 9.17) is 0 Å². The summed E-state index contributed by atoms with van der Waals surface area (Å²) in [5, 5.41) is 5.17. The lowest BCUT2D eigenvalue weighted by atomic mass is 10.1. The first-order valence-corrected chi connectivity index (χ1v) is 8.73. The SMILES string of the molecule is C[C@@H](SCc1ccccc1)C(=O)Nc1cccc2ccccc12. The number of rotatable bonds is 5. The van der Waals surface area contributed by atoms with Crippen LogP contribution in [-0.4, -0.2) is 11.2 Å². The van der Waals surface area contributed by atoms with Gasteiger partial charge in [0.25, 0.3) is 0 Å². The molecule has 0 spiro atoms. The van der Waals surface area contributed by atoms with Gasteiger partial charge in [-0.3, -0.25) is 4.79 Å². The maximum absolute atomic E-state index is 12.4. The summed E-state index contributed by atoms with van der Waals surface area (Å²) in [7, 11) is 0. The summed E-state index contributed by atoms with van der Waals surface area (Å²) >= 11 is 1.65. The molecule has 0 heterocycles. The number of carbonyl (C=O) groups excluding carboxylic acids is 1. The van der Waals surface area contributed by atoms with Crippen molar-refractivity contribution < 1.29 is 4.79 Å². The molecule has 2 nitrogen and oxygen atoms in total. The Morgan fingerprint density at radius 2 is 1.65 bits per heavy atom. The monoisotopic (exact) mass is 321 g/mol. The zero-order chi connectivity index (χ0) is 16.1. The molecule has 0 bridgehead atoms. The van der Waals surface area contributed by atoms with Crippen LogP contribution in [0.25, 0.3) is 10.8 Å². The predicted molar refractivity (Wildman–Crippen MR) is 99.8 cm³/mol. The van der Waals surface area contributed by atoms with E-state index in [1.54, 1.807) is 11.8 Å². The van der Waals surface area contributed by atoms with Crippen LogP contribution in [0.2, 0.25) is 0 Å². The van der Waals surface area contributed by atoms with Gasteiger partial charge in [-0.15, -0.1) is 11.8 Å². The summed E-state index contributed by atoms with van der Waals surface area (Å²) < 4.78 is 0. The smallest absolute Gasteiger partial charge is 0.237 e. The fourth-order valence-corrected chi connectivity index (χ4v) is 3.29. The van der Waals surface area contributed by atoms with Crippen LogP contribution >= 0.6 is 11.8 Å². The quantitative estimate of drug-likeness (QED) is 0.708. The molecule has 3 aromatic rings. The average Bonchev–Trinajstić information content (AvgIpc) is 2.61. The maximum atomic E-state index is 12.4. The van der Waals surface area contributed by atoms with Gasteiger partial charge < -0.3 is 5.32 Å². The van der Waals surface area contributed by atoms with Crippen molar-refractivity contribution in [1.82, 2.24) is 0 Å². The molecule has 0 aliphatic heterocycles. The minimum Gasteiger partial charge on any atom is -0.325 e. The largest absolute Gasteiger partial charge is 0.325 e. The molecule has 23 heavy (non-hydrogen) atoms. The highest BCUT2D eigenvalue weighted by molar-refractivity contribution is 7.99. The molecule has 0 radical (unpaired) electrons. The number of hydrogen-bond donors (Lipinski definition) is 1. The third kappa shape index (κ3) is 3.93. The van der Waals surface area contributed by atoms with E-state index in [2.05, 4.69) is 29.6 Å². The zero-order valence-electron chi connectivity index (χ0n) is 13.0. The number of nitrogens with one attached hydrogen (secondary N) is 1. The molecule has 0 aliphatic rings. The third-order valence-corrected chi connectivity index (χ3v) is 4.97. The lowest BCUT2D eigenvalue weighted by Gasteiger charge is -2.13. The molecular weight excluding hydrogens is 302 g/mol. The summed E-state index contributed by atoms with van der Waals surface area (Å²) in [5.41, 5.74) is 2.11. The minimum absolute atomic E-state index is 0.0438. The molecule has 0 saturated carbocycles. The van der Waals surface area contributed by atoms with E-state index in [0.29, 0.717) is 0 Å². The van der Waals surface area contributed by atoms with Crippen molar-refractivity contribution in [1.29, 1.82) is 0 Å². The van der Waals surface area contributed by atoms with Crippen molar-refractivity contribution in [2.24, 2.45) is 0 Å². The fraction of sp³-hybridized carbons (Fsp3) is 0.150. The van der Waals surface area contributed by atoms with Crippen LogP contribution in [0.3, 0.4) is 0 Å². The molecule has 0 aliphatic carbocycles. The topological polar surface area (TPSA) is 29.1 Å². The van der Waals surface area contributed by atoms with E-state index >= 15 is 0 Å². The molecule has 1 atom stereocenters. The van der Waals surface area contributed by atoms with E-state index in [-0.39, 0.29) is 11.2 Å². The highest BCUT2D eigenvalue weighted by atomic mass is 32.2. The Balaban J connectivity index is 1.66. The molecule has 116 valence electrons. The standard InChI is InChI=1S/C20H19NOS/c1-15(23-14-16-8-3-2-4-9-16)20(22)21-19-13-7-11-17-10-5-6-12-18(17)19/h2-13,15H,14H2,1H3,(H,21,22)/t15-/m1/s1. The van der Waals surface area contributed by atoms with Crippen molar-refractivity contribution in [2.75, 3.05) is 5.32 Å². The highest BCUT2D eigenvalue weighted by Gasteiger charge is 2.14. The second-order valence-electron chi connectivity index (χ2n) is 5.45. The number of amides is 1. The van der Waals surface area contributed by atoms with Gasteiger partial charge in [0.2, 0.25) is 5.91 Å². The van der Waals surface area contributed by atoms with Gasteiger partial charge in [-0.2, -0.15) is 0 Å². The predicted octanol–water partition coefficient (Wildman–Crippen LogP) is 5.10. The van der Waals surface area contributed by atoms with Gasteiger partial charge >= 0.3 is 0 Å². The van der Waals surface area contributed by atoms with E-state index in [1.165, 1.54) is 5.56 Å². The molecule has 1 N–H and O–H groups in total. The molecule has 0 unspecified atom stereocenters. The van der Waals surface area contributed by atoms with E-state index in [0.717, 1.165) is 22.2 Å². The second-order valence-corrected chi connectivity index (χ2v) is 6.78. The van der Waals surface area contributed by atoms with E-state index in [1.807, 2.05) is 55.5 Å². The summed E-state index contributed by atoms with van der Waals surface area (Å²) in [6.07, 6.45) is 0. The van der Waals surface area contributed by atoms with Gasteiger partial charge in [0.15, 0.2) is 0 Å². The second kappa shape index (κ2) is 7.34. The molecule has 0 fully saturated rings. The van der Waals surface area contributed by atoms with Gasteiger partial charge in [0, 0.05) is 16.8 Å². The van der Waals surface area contributed by atoms with Crippen LogP contribution < -0.4 is 5.32 Å². The molecule has 0 aromatic heterocycles. The molecule has 3 rings (SSSR count). The van der Waals surface area contributed by atoms with Crippen molar-refractivity contribution >= 4 is 34.1 Å². The maximum Gasteiger partial charge on any atom is 0.237 e. The Hall–Kier alpha value is -2.26. The van der Waals surface area contributed by atoms with Gasteiger partial charge in [-0.05, 0) is 23.9 Å². The lowest BCUT2D eigenvalue weighted by Crippen LogP contribution is -2.22. The van der Waals surface area contributed by atoms with Gasteiger partial charge in [-0.1, -0.05) is 66.7 Å². The minimum atomic E-state index is -0.103. The first-order chi connectivity index (χ1) is 11.2. The molecule has 1 amide bonds. The van der Waals surface area contributed by atoms with Gasteiger partial charge in [0.05, 0.1) is 5.25 Å². The summed E-state index contributed by atoms with van der Waals surface area (Å²) in [6.45, 7) is 1.95. The number of carbonyl (C=O) groups is 1. The summed E-state index contributed by atoms with van der Waals surface area (Å²) in [6, 6.07) is 24.3. The van der Waals surface area contributed by atoms with Crippen LogP contribution in [0.15, 0.2) is 72.8 Å². The Bertz CT molecular complexity index is 796. The van der Waals surface area contributed by atoms with Crippen molar-refractivity contribution in [2.45, 2.75) is 17.9 Å². The first-order valence-electron chi connectivity index (χ1n) is 7.68. The Kier molecular flexibility index (Phi) is 4.99. The highest BCUT2D eigenvalue weighted by Crippen LogP contribution is 2.24. The number of fused-ring (bicyclic) bond motifs is 1. The Labute approximate surface area is 140 Å². The Morgan fingerprint density at radius 3 is 2.48 bits per heavy atom. The number of thioether (sulfide) groups is 1. The summed E-state index contributed by atoms with van der Waals surface area (Å²) in [5.74, 6) is 0.882. The molecular formula is C20H19NOS. The number of anilines is 1. The van der Waals surface area contributed by atoms with Crippen molar-refractivity contribution in [3.63, 3.8) is 0 Å². The number of hydrogen-bond acceptors (Lipinski definition) is 2. The average molecular weight is 321 g/mol. The van der Waals surface area contributed by atoms with Gasteiger partial charge in [-0.25, -0.2) is 0 Å². The third-order valence-electron chi connectivity index (χ3n) is 3.76. The summed E-state index contributed by atoms with van der Waals surface area (Å²) in [4.78, 5) is 12.4. The van der Waals surface area contributed by atoms with Crippen LogP contribution in [0.1, 0.15) is 12.5 Å². The zero-order valence-corrected chi connectivity index (χ0v) is 13.8. The van der Waals surface area contributed by atoms with Crippen molar-refractivity contribution in [3.8, 4) is 0 Å². The first kappa shape index (κ1) is 15.6. The fourth-order valence-electron chi connectivity index (χ4n) is 2.44. The van der Waals surface area contributed by atoms with Crippen LogP contribution in [0.5, 0.6) is 0 Å². The van der Waals surface area contributed by atoms with Crippen LogP contribution in [0, 0.1) is 0 Å². The van der Waals surface area contributed by atoms with Crippen molar-refractivity contribution in [3.05, 3.63) is 78.4 Å². The molecule has 3 heteroatoms. The molecule has 0 saturated heterocycles. The Morgan fingerprint density at radius 1 is 0.957 bits per heavy atom. The van der Waals surface area contributed by atoms with E-state index < -0.39 is 0 Å². The van der Waals surface area contributed by atoms with Crippen LogP contribution in [0.4, 0.5) is 5.69 Å². The van der Waals surface area contributed by atoms with E-state index in [9.17, 15) is 4.79 Å². The number of benzene rings is 3. The van der Waals surface area contributed by atoms with Gasteiger partial charge in [0.1, 0.15) is 0 Å².